The summed E-state index contributed by atoms with van der Waals surface area (Å²) in [5.41, 5.74) is 11.2. The number of pyridine rings is 1. The third-order valence-corrected chi connectivity index (χ3v) is 1.52. The molecule has 0 saturated carbocycles. The van der Waals surface area contributed by atoms with Crippen molar-refractivity contribution < 1.29 is 13.0 Å². The normalized spacial score (nSPS) is 10.9. The smallest absolute Gasteiger partial charge is 0.277 e. The molecule has 9 nitrogen and oxygen atoms in total. The number of imidazole rings is 1. The Hall–Kier alpha value is -2.07. The van der Waals surface area contributed by atoms with Crippen molar-refractivity contribution >= 4 is 32.9 Å². The van der Waals surface area contributed by atoms with Gasteiger partial charge < -0.3 is 21.4 Å². The van der Waals surface area contributed by atoms with Gasteiger partial charge in [-0.1, -0.05) is 0 Å². The van der Waals surface area contributed by atoms with Gasteiger partial charge in [0.15, 0.2) is 11.5 Å². The molecule has 0 spiro atoms. The van der Waals surface area contributed by atoms with Crippen LogP contribution in [0.3, 0.4) is 0 Å². The molecule has 94 valence electrons. The zero-order chi connectivity index (χ0) is 13.2. The molecule has 0 bridgehead atoms. The molecule has 2 heterocycles. The van der Waals surface area contributed by atoms with Crippen LogP contribution in [0.4, 0.5) is 11.8 Å². The van der Waals surface area contributed by atoms with E-state index in [9.17, 15) is 13.2 Å². The zero-order valence-corrected chi connectivity index (χ0v) is 9.58. The first-order valence-electron chi connectivity index (χ1n) is 4.23. The van der Waals surface area contributed by atoms with Crippen LogP contribution in [0.25, 0.3) is 11.0 Å². The van der Waals surface area contributed by atoms with Crippen LogP contribution in [0.5, 0.6) is 0 Å². The minimum Gasteiger partial charge on any atom is -0.385 e. The average Bonchev–Trinajstić information content (AvgIpc) is 2.42. The van der Waals surface area contributed by atoms with Crippen molar-refractivity contribution in [2.45, 2.75) is 0 Å². The fraction of sp³-hybridized carbons (Fsp3) is 0.143. The number of hydrogen-bond donors (Lipinski definition) is 5. The van der Waals surface area contributed by atoms with Gasteiger partial charge in [0.2, 0.25) is 0 Å². The van der Waals surface area contributed by atoms with Gasteiger partial charge in [0, 0.05) is 6.07 Å². The molecule has 0 radical (unpaired) electrons. The molecule has 2 rings (SSSR count). The SMILES string of the molecule is CS(=O)(=O)O.Nc1cc2[nH]c(N)nc2c(=O)[nH]1. The van der Waals surface area contributed by atoms with E-state index >= 15 is 0 Å². The van der Waals surface area contributed by atoms with E-state index in [0.717, 1.165) is 0 Å². The topological polar surface area (TPSA) is 168 Å². The van der Waals surface area contributed by atoms with Crippen LogP contribution in [0.15, 0.2) is 10.9 Å². The molecule has 0 atom stereocenters. The van der Waals surface area contributed by atoms with Crippen molar-refractivity contribution in [2.24, 2.45) is 0 Å². The summed E-state index contributed by atoms with van der Waals surface area (Å²) in [6, 6.07) is 1.57. The standard InChI is InChI=1S/C6H7N5O.CH4O3S/c7-3-1-2-4(5(12)10-3)11-6(8)9-2;1-5(2,3)4/h1H,(H3,7,10,12)(H3,8,9,11);1H3,(H,2,3,4). The second-order valence-corrected chi connectivity index (χ2v) is 4.64. The van der Waals surface area contributed by atoms with E-state index in [0.29, 0.717) is 11.8 Å². The molecule has 0 aliphatic rings. The predicted molar refractivity (Wildman–Crippen MR) is 63.0 cm³/mol. The van der Waals surface area contributed by atoms with Gasteiger partial charge in [0.25, 0.3) is 15.7 Å². The number of nitrogen functional groups attached to an aromatic ring is 2. The molecule has 10 heteroatoms. The summed E-state index contributed by atoms with van der Waals surface area (Å²) in [4.78, 5) is 20.0. The van der Waals surface area contributed by atoms with E-state index in [4.69, 9.17) is 16.0 Å². The maximum atomic E-state index is 11.1. The second-order valence-electron chi connectivity index (χ2n) is 3.17. The Morgan fingerprint density at radius 3 is 2.41 bits per heavy atom. The Kier molecular flexibility index (Phi) is 3.39. The summed E-state index contributed by atoms with van der Waals surface area (Å²) in [5, 5.41) is 0. The summed E-state index contributed by atoms with van der Waals surface area (Å²) >= 11 is 0. The van der Waals surface area contributed by atoms with Crippen LogP contribution in [0.2, 0.25) is 0 Å². The summed E-state index contributed by atoms with van der Waals surface area (Å²) in [6.07, 6.45) is 0.715. The van der Waals surface area contributed by atoms with Gasteiger partial charge in [0.05, 0.1) is 11.8 Å². The number of nitrogens with zero attached hydrogens (tertiary/aromatic N) is 1. The molecule has 0 aromatic carbocycles. The van der Waals surface area contributed by atoms with E-state index in [-0.39, 0.29) is 22.8 Å². The lowest BCUT2D eigenvalue weighted by atomic mass is 10.4. The molecule has 0 saturated heterocycles. The number of anilines is 2. The predicted octanol–water partition coefficient (Wildman–Crippen LogP) is -1.08. The fourth-order valence-electron chi connectivity index (χ4n) is 1.07. The van der Waals surface area contributed by atoms with E-state index in [1.54, 1.807) is 6.07 Å². The van der Waals surface area contributed by atoms with Crippen molar-refractivity contribution in [3.63, 3.8) is 0 Å². The molecule has 2 aromatic heterocycles. The van der Waals surface area contributed by atoms with Gasteiger partial charge in [-0.15, -0.1) is 0 Å². The number of rotatable bonds is 0. The van der Waals surface area contributed by atoms with Crippen LogP contribution in [-0.4, -0.2) is 34.2 Å². The van der Waals surface area contributed by atoms with Crippen molar-refractivity contribution in [1.29, 1.82) is 0 Å². The van der Waals surface area contributed by atoms with Gasteiger partial charge in [-0.3, -0.25) is 9.35 Å². The first-order valence-corrected chi connectivity index (χ1v) is 6.08. The van der Waals surface area contributed by atoms with Crippen molar-refractivity contribution in [2.75, 3.05) is 17.7 Å². The molecule has 7 N–H and O–H groups in total. The average molecular weight is 261 g/mol. The third kappa shape index (κ3) is 4.12. The van der Waals surface area contributed by atoms with Crippen LogP contribution in [0, 0.1) is 0 Å². The van der Waals surface area contributed by atoms with Crippen LogP contribution >= 0.6 is 0 Å². The van der Waals surface area contributed by atoms with Crippen molar-refractivity contribution in [1.82, 2.24) is 15.0 Å². The summed E-state index contributed by atoms with van der Waals surface area (Å²) < 4.78 is 25.9. The lowest BCUT2D eigenvalue weighted by molar-refractivity contribution is 0.490. The number of aromatic nitrogens is 3. The molecule has 0 amide bonds. The Morgan fingerprint density at radius 1 is 1.35 bits per heavy atom. The number of nitrogens with one attached hydrogen (secondary N) is 2. The molecule has 2 aromatic rings. The highest BCUT2D eigenvalue weighted by Gasteiger charge is 2.03. The van der Waals surface area contributed by atoms with E-state index in [1.165, 1.54) is 0 Å². The van der Waals surface area contributed by atoms with Gasteiger partial charge in [-0.25, -0.2) is 4.98 Å². The highest BCUT2D eigenvalue weighted by atomic mass is 32.2. The van der Waals surface area contributed by atoms with Gasteiger partial charge in [-0.2, -0.15) is 8.42 Å². The lowest BCUT2D eigenvalue weighted by Crippen LogP contribution is -2.08. The number of fused-ring (bicyclic) bond motifs is 1. The molecule has 0 unspecified atom stereocenters. The van der Waals surface area contributed by atoms with E-state index < -0.39 is 10.1 Å². The molecule has 17 heavy (non-hydrogen) atoms. The minimum atomic E-state index is -3.67. The minimum absolute atomic E-state index is 0.209. The van der Waals surface area contributed by atoms with Gasteiger partial charge >= 0.3 is 0 Å². The largest absolute Gasteiger partial charge is 0.385 e. The molecule has 0 fully saturated rings. The Morgan fingerprint density at radius 2 is 1.88 bits per heavy atom. The number of hydrogen-bond acceptors (Lipinski definition) is 6. The van der Waals surface area contributed by atoms with Gasteiger partial charge in [-0.05, 0) is 0 Å². The van der Waals surface area contributed by atoms with E-state index in [1.807, 2.05) is 0 Å². The van der Waals surface area contributed by atoms with Gasteiger partial charge in [0.1, 0.15) is 5.82 Å². The Balaban J connectivity index is 0.000000249. The maximum Gasteiger partial charge on any atom is 0.277 e. The fourth-order valence-corrected chi connectivity index (χ4v) is 1.07. The molecule has 0 aliphatic carbocycles. The Labute approximate surface area is 95.6 Å². The first kappa shape index (κ1) is 13.0. The summed E-state index contributed by atoms with van der Waals surface area (Å²) in [7, 11) is -3.67. The number of nitrogens with two attached hydrogens (primary N) is 2. The third-order valence-electron chi connectivity index (χ3n) is 1.52. The molecule has 0 aliphatic heterocycles. The lowest BCUT2D eigenvalue weighted by Gasteiger charge is -1.90. The first-order chi connectivity index (χ1) is 7.66. The van der Waals surface area contributed by atoms with Crippen molar-refractivity contribution in [3.05, 3.63) is 16.4 Å². The quantitative estimate of drug-likeness (QED) is 0.375. The maximum absolute atomic E-state index is 11.1. The second kappa shape index (κ2) is 4.43. The van der Waals surface area contributed by atoms with E-state index in [2.05, 4.69) is 15.0 Å². The number of aromatic amines is 2. The highest BCUT2D eigenvalue weighted by molar-refractivity contribution is 7.85. The van der Waals surface area contributed by atoms with Crippen LogP contribution in [0.1, 0.15) is 0 Å². The Bertz CT molecular complexity index is 678. The number of H-pyrrole nitrogens is 2. The van der Waals surface area contributed by atoms with Crippen LogP contribution < -0.4 is 17.0 Å². The monoisotopic (exact) mass is 261 g/mol. The molecular weight excluding hydrogens is 250 g/mol. The summed E-state index contributed by atoms with van der Waals surface area (Å²) in [6.45, 7) is 0. The zero-order valence-electron chi connectivity index (χ0n) is 8.76. The summed E-state index contributed by atoms with van der Waals surface area (Å²) in [5.74, 6) is 0.497. The van der Waals surface area contributed by atoms with Crippen molar-refractivity contribution in [3.8, 4) is 0 Å². The highest BCUT2D eigenvalue weighted by Crippen LogP contribution is 2.08. The molecular formula is C7H11N5O4S. The van der Waals surface area contributed by atoms with Crippen LogP contribution in [-0.2, 0) is 10.1 Å².